The maximum atomic E-state index is 12.8. The monoisotopic (exact) mass is 422 g/mol. The highest BCUT2D eigenvalue weighted by molar-refractivity contribution is 6.47. The van der Waals surface area contributed by atoms with Gasteiger partial charge in [0.2, 0.25) is 0 Å². The van der Waals surface area contributed by atoms with Gasteiger partial charge in [0.25, 0.3) is 6.29 Å². The van der Waals surface area contributed by atoms with Crippen molar-refractivity contribution in [2.75, 3.05) is 0 Å². The van der Waals surface area contributed by atoms with Crippen molar-refractivity contribution in [1.29, 1.82) is 0 Å². The number of hydrogen-bond acceptors (Lipinski definition) is 7. The molecule has 0 saturated heterocycles. The van der Waals surface area contributed by atoms with Gasteiger partial charge in [-0.15, -0.1) is 0 Å². The Morgan fingerprint density at radius 2 is 2.00 bits per heavy atom. The second kappa shape index (κ2) is 8.94. The van der Waals surface area contributed by atoms with E-state index in [-0.39, 0.29) is 29.3 Å². The number of rotatable bonds is 7. The Kier molecular flexibility index (Phi) is 6.09. The highest BCUT2D eigenvalue weighted by Crippen LogP contribution is 2.38. The van der Waals surface area contributed by atoms with Crippen molar-refractivity contribution in [1.82, 2.24) is 0 Å². The summed E-state index contributed by atoms with van der Waals surface area (Å²) in [7, 11) is -1.20. The number of esters is 2. The van der Waals surface area contributed by atoms with Gasteiger partial charge in [-0.2, -0.15) is 0 Å². The van der Waals surface area contributed by atoms with Crippen molar-refractivity contribution >= 4 is 24.8 Å². The molecule has 0 fully saturated rings. The Bertz CT molecular complexity index is 1020. The molecule has 8 heteroatoms. The molecule has 0 spiro atoms. The summed E-state index contributed by atoms with van der Waals surface area (Å²) < 4.78 is 16.3. The maximum absolute atomic E-state index is 12.8. The molecule has 1 N–H and O–H groups in total. The number of carbonyl (C=O) groups is 3. The van der Waals surface area contributed by atoms with Gasteiger partial charge in [-0.05, 0) is 30.5 Å². The van der Waals surface area contributed by atoms with Gasteiger partial charge in [0.05, 0.1) is 5.56 Å². The molecule has 2 aromatic rings. The van der Waals surface area contributed by atoms with E-state index in [1.54, 1.807) is 36.4 Å². The summed E-state index contributed by atoms with van der Waals surface area (Å²) in [4.78, 5) is 36.9. The van der Waals surface area contributed by atoms with Crippen molar-refractivity contribution < 1.29 is 33.5 Å². The molecule has 160 valence electrons. The number of ketones is 1. The molecule has 2 heterocycles. The summed E-state index contributed by atoms with van der Waals surface area (Å²) in [6, 6.07) is 11.7. The topological polar surface area (TPSA) is 99.1 Å². The van der Waals surface area contributed by atoms with Crippen LogP contribution in [0.5, 0.6) is 5.75 Å². The van der Waals surface area contributed by atoms with Crippen molar-refractivity contribution in [2.45, 2.75) is 51.1 Å². The summed E-state index contributed by atoms with van der Waals surface area (Å²) in [6.07, 6.45) is 1.75. The predicted molar refractivity (Wildman–Crippen MR) is 112 cm³/mol. The first kappa shape index (κ1) is 21.1. The van der Waals surface area contributed by atoms with Gasteiger partial charge in [-0.1, -0.05) is 43.7 Å². The standard InChI is InChI=1S/C23H23BO7/c1-2-3-8-16(25)13-15-12-14-7-6-11-19(20(14)31-24(15)28)22(27)30-23-18-10-5-4-9-17(18)21(26)29-23/h4-7,9-11,15,23,28H,2-3,8,12-13H2,1H3/t15-,23?/m1/s1. The molecule has 4 rings (SSSR count). The van der Waals surface area contributed by atoms with E-state index in [1.807, 2.05) is 6.92 Å². The van der Waals surface area contributed by atoms with E-state index < -0.39 is 25.3 Å². The Balaban J connectivity index is 1.50. The lowest BCUT2D eigenvalue weighted by Gasteiger charge is -2.28. The maximum Gasteiger partial charge on any atom is 0.526 e. The lowest BCUT2D eigenvalue weighted by molar-refractivity contribution is -0.119. The minimum absolute atomic E-state index is 0.0928. The third-order valence-corrected chi connectivity index (χ3v) is 5.60. The van der Waals surface area contributed by atoms with Crippen LogP contribution >= 0.6 is 0 Å². The van der Waals surface area contributed by atoms with Crippen molar-refractivity contribution in [2.24, 2.45) is 0 Å². The molecule has 2 aromatic carbocycles. The van der Waals surface area contributed by atoms with Crippen LogP contribution in [0.1, 0.15) is 70.7 Å². The predicted octanol–water partition coefficient (Wildman–Crippen LogP) is 3.65. The Hall–Kier alpha value is -3.13. The fourth-order valence-corrected chi connectivity index (χ4v) is 3.95. The normalized spacial score (nSPS) is 19.2. The molecule has 2 aliphatic rings. The van der Waals surface area contributed by atoms with E-state index >= 15 is 0 Å². The van der Waals surface area contributed by atoms with Gasteiger partial charge in [0.15, 0.2) is 0 Å². The Morgan fingerprint density at radius 3 is 2.81 bits per heavy atom. The molecule has 0 amide bonds. The molecule has 1 unspecified atom stereocenters. The quantitative estimate of drug-likeness (QED) is 0.537. The molecule has 2 aliphatic heterocycles. The zero-order valence-corrected chi connectivity index (χ0v) is 17.2. The van der Waals surface area contributed by atoms with Crippen molar-refractivity contribution in [3.8, 4) is 5.75 Å². The molecule has 0 saturated carbocycles. The van der Waals surface area contributed by atoms with Gasteiger partial charge in [0, 0.05) is 24.2 Å². The minimum Gasteiger partial charge on any atom is -0.535 e. The highest BCUT2D eigenvalue weighted by Gasteiger charge is 2.39. The average Bonchev–Trinajstić information content (AvgIpc) is 3.08. The van der Waals surface area contributed by atoms with Crippen molar-refractivity contribution in [3.63, 3.8) is 0 Å². The molecular formula is C23H23BO7. The number of cyclic esters (lactones) is 1. The lowest BCUT2D eigenvalue weighted by atomic mass is 9.64. The van der Waals surface area contributed by atoms with Crippen LogP contribution in [0.2, 0.25) is 5.82 Å². The van der Waals surface area contributed by atoms with Crippen LogP contribution in [0.25, 0.3) is 0 Å². The third-order valence-electron chi connectivity index (χ3n) is 5.60. The van der Waals surface area contributed by atoms with E-state index in [4.69, 9.17) is 14.1 Å². The fourth-order valence-electron chi connectivity index (χ4n) is 3.95. The second-order valence-corrected chi connectivity index (χ2v) is 7.84. The number of Topliss-reactive ketones (excluding diaryl/α,β-unsaturated/α-hetero) is 1. The molecule has 0 aromatic heterocycles. The van der Waals surface area contributed by atoms with Crippen LogP contribution in [0.3, 0.4) is 0 Å². The number of hydrogen-bond donors (Lipinski definition) is 1. The number of unbranched alkanes of at least 4 members (excludes halogenated alkanes) is 1. The molecular weight excluding hydrogens is 399 g/mol. The van der Waals surface area contributed by atoms with E-state index in [2.05, 4.69) is 0 Å². The van der Waals surface area contributed by atoms with E-state index in [1.165, 1.54) is 6.07 Å². The molecule has 7 nitrogen and oxygen atoms in total. The zero-order chi connectivity index (χ0) is 22.0. The van der Waals surface area contributed by atoms with Crippen LogP contribution in [0.4, 0.5) is 0 Å². The van der Waals surface area contributed by atoms with E-state index in [0.29, 0.717) is 24.0 Å². The van der Waals surface area contributed by atoms with Gasteiger partial charge >= 0.3 is 19.1 Å². The first-order valence-corrected chi connectivity index (χ1v) is 10.5. The summed E-state index contributed by atoms with van der Waals surface area (Å²) in [6.45, 7) is 2.02. The number of carbonyl (C=O) groups excluding carboxylic acids is 3. The number of fused-ring (bicyclic) bond motifs is 2. The molecule has 31 heavy (non-hydrogen) atoms. The Morgan fingerprint density at radius 1 is 1.19 bits per heavy atom. The second-order valence-electron chi connectivity index (χ2n) is 7.84. The van der Waals surface area contributed by atoms with E-state index in [9.17, 15) is 19.4 Å². The average molecular weight is 422 g/mol. The van der Waals surface area contributed by atoms with Gasteiger partial charge in [0.1, 0.15) is 17.1 Å². The zero-order valence-electron chi connectivity index (χ0n) is 17.2. The van der Waals surface area contributed by atoms with Gasteiger partial charge in [-0.3, -0.25) is 4.79 Å². The van der Waals surface area contributed by atoms with Crippen molar-refractivity contribution in [3.05, 3.63) is 64.7 Å². The SMILES string of the molecule is CCCCC(=O)C[C@H]1Cc2cccc(C(=O)OC3OC(=O)c4ccccc43)c2OB1O. The van der Waals surface area contributed by atoms with Crippen LogP contribution in [0, 0.1) is 0 Å². The smallest absolute Gasteiger partial charge is 0.526 e. The van der Waals surface area contributed by atoms with Crippen LogP contribution in [0.15, 0.2) is 42.5 Å². The third kappa shape index (κ3) is 4.34. The molecule has 0 bridgehead atoms. The summed E-state index contributed by atoms with van der Waals surface area (Å²) in [5.41, 5.74) is 1.69. The summed E-state index contributed by atoms with van der Waals surface area (Å²) in [5.74, 6) is -1.32. The minimum atomic E-state index is -1.20. The largest absolute Gasteiger partial charge is 0.535 e. The number of ether oxygens (including phenoxy) is 2. The first-order chi connectivity index (χ1) is 15.0. The first-order valence-electron chi connectivity index (χ1n) is 10.5. The van der Waals surface area contributed by atoms with Gasteiger partial charge < -0.3 is 19.2 Å². The van der Waals surface area contributed by atoms with Crippen LogP contribution in [-0.2, 0) is 20.7 Å². The Labute approximate surface area is 180 Å². The molecule has 2 atom stereocenters. The summed E-state index contributed by atoms with van der Waals surface area (Å²) >= 11 is 0. The lowest BCUT2D eigenvalue weighted by Crippen LogP contribution is -2.36. The van der Waals surface area contributed by atoms with E-state index in [0.717, 1.165) is 18.4 Å². The van der Waals surface area contributed by atoms with Gasteiger partial charge in [-0.25, -0.2) is 9.59 Å². The van der Waals surface area contributed by atoms with Crippen LogP contribution in [-0.4, -0.2) is 29.9 Å². The number of benzene rings is 2. The fraction of sp³-hybridized carbons (Fsp3) is 0.348. The summed E-state index contributed by atoms with van der Waals surface area (Å²) in [5, 5.41) is 10.4. The molecule has 0 radical (unpaired) electrons. The molecule has 0 aliphatic carbocycles. The highest BCUT2D eigenvalue weighted by atomic mass is 16.7. The number of para-hydroxylation sites is 1. The van der Waals surface area contributed by atoms with Crippen LogP contribution < -0.4 is 4.65 Å².